The van der Waals surface area contributed by atoms with Crippen molar-refractivity contribution in [1.82, 2.24) is 0 Å². The van der Waals surface area contributed by atoms with E-state index in [0.29, 0.717) is 3.42 Å². The average molecular weight is 366 g/mol. The molecule has 0 heterocycles. The predicted octanol–water partition coefficient (Wildman–Crippen LogP) is 4.20. The normalized spacial score (nSPS) is 16.8. The standard InChI is InChI=1S/C8H16I2/c1-3-4-5-6-8(2,10)7-9/h3-7H2,1-2H3. The second kappa shape index (κ2) is 6.03. The smallest absolute Gasteiger partial charge is 0.0283 e. The highest BCUT2D eigenvalue weighted by Crippen LogP contribution is 2.27. The number of alkyl halides is 2. The molecule has 2 heteroatoms. The molecule has 10 heavy (non-hydrogen) atoms. The van der Waals surface area contributed by atoms with E-state index in [1.54, 1.807) is 0 Å². The third-order valence-corrected chi connectivity index (χ3v) is 5.64. The van der Waals surface area contributed by atoms with Crippen LogP contribution >= 0.6 is 45.2 Å². The van der Waals surface area contributed by atoms with Crippen LogP contribution < -0.4 is 0 Å². The molecule has 0 radical (unpaired) electrons. The molecule has 0 aliphatic carbocycles. The summed E-state index contributed by atoms with van der Waals surface area (Å²) in [6, 6.07) is 0. The van der Waals surface area contributed by atoms with Crippen molar-refractivity contribution in [1.29, 1.82) is 0 Å². The van der Waals surface area contributed by atoms with Gasteiger partial charge in [0.2, 0.25) is 0 Å². The van der Waals surface area contributed by atoms with Gasteiger partial charge in [0.25, 0.3) is 0 Å². The van der Waals surface area contributed by atoms with Crippen LogP contribution in [0, 0.1) is 0 Å². The number of hydrogen-bond donors (Lipinski definition) is 0. The zero-order valence-electron chi connectivity index (χ0n) is 6.79. The topological polar surface area (TPSA) is 0 Å². The molecule has 1 atom stereocenters. The van der Waals surface area contributed by atoms with Crippen LogP contribution in [-0.2, 0) is 0 Å². The van der Waals surface area contributed by atoms with Crippen LogP contribution in [0.5, 0.6) is 0 Å². The molecule has 0 rings (SSSR count). The molecule has 0 fully saturated rings. The van der Waals surface area contributed by atoms with Gasteiger partial charge >= 0.3 is 0 Å². The van der Waals surface area contributed by atoms with Crippen LogP contribution in [0.15, 0.2) is 0 Å². The van der Waals surface area contributed by atoms with Gasteiger partial charge < -0.3 is 0 Å². The SMILES string of the molecule is CCCCCC(C)(I)CI. The van der Waals surface area contributed by atoms with Crippen LogP contribution in [-0.4, -0.2) is 7.85 Å². The number of hydrogen-bond acceptors (Lipinski definition) is 0. The Labute approximate surface area is 91.8 Å². The van der Waals surface area contributed by atoms with Gasteiger partial charge in [-0.15, -0.1) is 0 Å². The minimum Gasteiger partial charge on any atom is -0.0849 e. The zero-order chi connectivity index (χ0) is 8.04. The quantitative estimate of drug-likeness (QED) is 0.389. The molecule has 0 amide bonds. The van der Waals surface area contributed by atoms with Crippen molar-refractivity contribution in [2.45, 2.75) is 43.0 Å². The number of rotatable bonds is 5. The Hall–Kier alpha value is 1.46. The maximum absolute atomic E-state index is 2.57. The van der Waals surface area contributed by atoms with Crippen molar-refractivity contribution in [2.75, 3.05) is 4.43 Å². The highest BCUT2D eigenvalue weighted by molar-refractivity contribution is 14.1. The van der Waals surface area contributed by atoms with Crippen LogP contribution in [0.1, 0.15) is 39.5 Å². The molecule has 0 aliphatic heterocycles. The Morgan fingerprint density at radius 2 is 1.90 bits per heavy atom. The molecular formula is C8H16I2. The van der Waals surface area contributed by atoms with Crippen LogP contribution in [0.4, 0.5) is 0 Å². The van der Waals surface area contributed by atoms with E-state index in [-0.39, 0.29) is 0 Å². The van der Waals surface area contributed by atoms with E-state index < -0.39 is 0 Å². The predicted molar refractivity (Wildman–Crippen MR) is 65.5 cm³/mol. The number of unbranched alkanes of at least 4 members (excludes halogenated alkanes) is 2. The summed E-state index contributed by atoms with van der Waals surface area (Å²) in [6.07, 6.45) is 5.52. The first-order valence-corrected chi connectivity index (χ1v) is 6.47. The summed E-state index contributed by atoms with van der Waals surface area (Å²) < 4.78 is 1.82. The van der Waals surface area contributed by atoms with Crippen LogP contribution in [0.2, 0.25) is 0 Å². The molecule has 0 aromatic heterocycles. The highest BCUT2D eigenvalue weighted by atomic mass is 127. The fourth-order valence-electron chi connectivity index (χ4n) is 0.810. The van der Waals surface area contributed by atoms with Crippen LogP contribution in [0.3, 0.4) is 0 Å². The summed E-state index contributed by atoms with van der Waals surface area (Å²) in [5, 5.41) is 0. The Morgan fingerprint density at radius 3 is 2.30 bits per heavy atom. The third-order valence-electron chi connectivity index (χ3n) is 1.58. The van der Waals surface area contributed by atoms with Gasteiger partial charge in [0, 0.05) is 7.85 Å². The van der Waals surface area contributed by atoms with Crippen molar-refractivity contribution in [2.24, 2.45) is 0 Å². The number of halogens is 2. The highest BCUT2D eigenvalue weighted by Gasteiger charge is 2.16. The molecule has 0 N–H and O–H groups in total. The molecule has 1 unspecified atom stereocenters. The van der Waals surface area contributed by atoms with Crippen molar-refractivity contribution in [3.63, 3.8) is 0 Å². The molecule has 0 spiro atoms. The average Bonchev–Trinajstić information content (AvgIpc) is 1.89. The molecule has 0 nitrogen and oxygen atoms in total. The lowest BCUT2D eigenvalue weighted by molar-refractivity contribution is 0.601. The molecule has 0 aromatic carbocycles. The van der Waals surface area contributed by atoms with E-state index in [9.17, 15) is 0 Å². The maximum Gasteiger partial charge on any atom is 0.0283 e. The van der Waals surface area contributed by atoms with Gasteiger partial charge in [0.1, 0.15) is 0 Å². The minimum atomic E-state index is 0.549. The fourth-order valence-corrected chi connectivity index (χ4v) is 1.57. The molecule has 0 aromatic rings. The Kier molecular flexibility index (Phi) is 6.91. The largest absolute Gasteiger partial charge is 0.0849 e. The Balaban J connectivity index is 3.28. The lowest BCUT2D eigenvalue weighted by atomic mass is 10.1. The summed E-state index contributed by atoms with van der Waals surface area (Å²) in [5.74, 6) is 0. The van der Waals surface area contributed by atoms with Gasteiger partial charge in [0.05, 0.1) is 0 Å². The van der Waals surface area contributed by atoms with Crippen molar-refractivity contribution < 1.29 is 0 Å². The Morgan fingerprint density at radius 1 is 1.30 bits per heavy atom. The first kappa shape index (κ1) is 11.5. The van der Waals surface area contributed by atoms with Crippen LogP contribution in [0.25, 0.3) is 0 Å². The van der Waals surface area contributed by atoms with Gasteiger partial charge in [-0.25, -0.2) is 0 Å². The summed E-state index contributed by atoms with van der Waals surface area (Å²) >= 11 is 5.05. The Bertz CT molecular complexity index is 79.3. The van der Waals surface area contributed by atoms with E-state index in [0.717, 1.165) is 0 Å². The van der Waals surface area contributed by atoms with Crippen molar-refractivity contribution >= 4 is 45.2 Å². The van der Waals surface area contributed by atoms with Gasteiger partial charge in [-0.2, -0.15) is 0 Å². The van der Waals surface area contributed by atoms with Gasteiger partial charge in [-0.3, -0.25) is 0 Å². The van der Waals surface area contributed by atoms with Crippen molar-refractivity contribution in [3.05, 3.63) is 0 Å². The molecule has 0 aliphatic rings. The first-order chi connectivity index (χ1) is 4.62. The fraction of sp³-hybridized carbons (Fsp3) is 1.00. The minimum absolute atomic E-state index is 0.549. The van der Waals surface area contributed by atoms with Gasteiger partial charge in [-0.05, 0) is 13.3 Å². The van der Waals surface area contributed by atoms with E-state index >= 15 is 0 Å². The third kappa shape index (κ3) is 6.19. The van der Waals surface area contributed by atoms with Crippen molar-refractivity contribution in [3.8, 4) is 0 Å². The first-order valence-electron chi connectivity index (χ1n) is 3.87. The van der Waals surface area contributed by atoms with E-state index in [1.807, 2.05) is 0 Å². The van der Waals surface area contributed by atoms with E-state index in [1.165, 1.54) is 30.1 Å². The zero-order valence-corrected chi connectivity index (χ0v) is 11.1. The molecular weight excluding hydrogens is 350 g/mol. The van der Waals surface area contributed by atoms with E-state index in [2.05, 4.69) is 59.0 Å². The molecule has 0 bridgehead atoms. The summed E-state index contributed by atoms with van der Waals surface area (Å²) in [5.41, 5.74) is 0. The molecule has 0 saturated heterocycles. The van der Waals surface area contributed by atoms with Gasteiger partial charge in [-0.1, -0.05) is 71.4 Å². The lowest BCUT2D eigenvalue weighted by Crippen LogP contribution is -2.16. The maximum atomic E-state index is 2.57. The molecule has 0 saturated carbocycles. The summed E-state index contributed by atoms with van der Waals surface area (Å²) in [4.78, 5) is 0. The lowest BCUT2D eigenvalue weighted by Gasteiger charge is -2.18. The van der Waals surface area contributed by atoms with Gasteiger partial charge in [0.15, 0.2) is 0 Å². The van der Waals surface area contributed by atoms with E-state index in [4.69, 9.17) is 0 Å². The second-order valence-corrected chi connectivity index (χ2v) is 6.37. The second-order valence-electron chi connectivity index (χ2n) is 3.00. The molecule has 62 valence electrons. The summed E-state index contributed by atoms with van der Waals surface area (Å²) in [7, 11) is 0. The monoisotopic (exact) mass is 366 g/mol. The summed E-state index contributed by atoms with van der Waals surface area (Å²) in [6.45, 7) is 4.60.